The molecule has 0 aromatic carbocycles. The Bertz CT molecular complexity index is 473. The van der Waals surface area contributed by atoms with Crippen LogP contribution < -0.4 is 0 Å². The van der Waals surface area contributed by atoms with Crippen molar-refractivity contribution in [3.63, 3.8) is 0 Å². The van der Waals surface area contributed by atoms with Gasteiger partial charge in [-0.05, 0) is 0 Å². The number of hydrogen-bond donors (Lipinski definition) is 0. The molecule has 0 spiro atoms. The second-order valence-electron chi connectivity index (χ2n) is 6.39. The zero-order valence-corrected chi connectivity index (χ0v) is 17.0. The molecule has 3 heteroatoms. The maximum atomic E-state index is 2.62. The molecule has 0 saturated heterocycles. The average Bonchev–Trinajstić information content (AvgIpc) is 3.08. The van der Waals surface area contributed by atoms with Crippen LogP contribution in [-0.4, -0.2) is 33.9 Å². The summed E-state index contributed by atoms with van der Waals surface area (Å²) >= 11 is -2.90. The summed E-state index contributed by atoms with van der Waals surface area (Å²) in [4.78, 5) is 0. The quantitative estimate of drug-likeness (QED) is 0.691. The number of hydrogen-bond acceptors (Lipinski definition) is 2. The summed E-state index contributed by atoms with van der Waals surface area (Å²) in [5.41, 5.74) is 3.20. The van der Waals surface area contributed by atoms with Crippen molar-refractivity contribution in [2.45, 2.75) is 39.5 Å². The van der Waals surface area contributed by atoms with Gasteiger partial charge in [-0.3, -0.25) is 0 Å². The Morgan fingerprint density at radius 1 is 0.810 bits per heavy atom. The van der Waals surface area contributed by atoms with Gasteiger partial charge in [-0.2, -0.15) is 0 Å². The van der Waals surface area contributed by atoms with Crippen molar-refractivity contribution in [3.05, 3.63) is 42.0 Å². The maximum absolute atomic E-state index is 2.90. The van der Waals surface area contributed by atoms with E-state index in [0.29, 0.717) is 0 Å². The zero-order valence-electron chi connectivity index (χ0n) is 14.5. The summed E-state index contributed by atoms with van der Waals surface area (Å²) in [7, 11) is 9.25. The van der Waals surface area contributed by atoms with Gasteiger partial charge >= 0.3 is 136 Å². The van der Waals surface area contributed by atoms with Crippen molar-refractivity contribution < 1.29 is 20.8 Å². The summed E-state index contributed by atoms with van der Waals surface area (Å²) in [6.07, 6.45) is 14.2. The summed E-state index contributed by atoms with van der Waals surface area (Å²) in [6, 6.07) is 0. The first kappa shape index (κ1) is 17.1. The van der Waals surface area contributed by atoms with E-state index >= 15 is 0 Å². The standard InChI is InChI=1S/2C7H9.2C2H6N.Zr/c2*1-2-7-5-3-4-6-7;2*1-3-2;/h2*3,5H,2,4H2,1H3;2*1-2H3;/q;;2*-1;+2. The van der Waals surface area contributed by atoms with E-state index < -0.39 is 20.8 Å². The molecule has 0 saturated carbocycles. The molecule has 0 aliphatic heterocycles. The molecule has 0 radical (unpaired) electrons. The molecular formula is C18H30N2Zr. The molecule has 2 rings (SSSR count). The van der Waals surface area contributed by atoms with Crippen LogP contribution in [0.2, 0.25) is 0 Å². The molecule has 0 heterocycles. The van der Waals surface area contributed by atoms with Crippen LogP contribution in [0.3, 0.4) is 0 Å². The second kappa shape index (κ2) is 6.90. The number of nitrogens with zero attached hydrogens (tertiary/aromatic N) is 2. The van der Waals surface area contributed by atoms with Gasteiger partial charge in [-0.25, -0.2) is 0 Å². The number of rotatable bonds is 6. The zero-order chi connectivity index (χ0) is 15.6. The third-order valence-corrected chi connectivity index (χ3v) is 18.0. The number of allylic oxidation sites excluding steroid dienone is 8. The van der Waals surface area contributed by atoms with E-state index in [2.05, 4.69) is 72.0 Å². The molecule has 2 aliphatic rings. The van der Waals surface area contributed by atoms with Crippen molar-refractivity contribution in [2.24, 2.45) is 0 Å². The van der Waals surface area contributed by atoms with Gasteiger partial charge in [-0.1, -0.05) is 0 Å². The molecule has 0 amide bonds. The van der Waals surface area contributed by atoms with Crippen molar-refractivity contribution in [1.82, 2.24) is 5.69 Å². The Hall–Kier alpha value is -0.237. The first-order valence-corrected chi connectivity index (χ1v) is 12.8. The first-order chi connectivity index (χ1) is 9.99. The van der Waals surface area contributed by atoms with Crippen molar-refractivity contribution in [1.29, 1.82) is 0 Å². The van der Waals surface area contributed by atoms with Crippen LogP contribution in [0.25, 0.3) is 0 Å². The second-order valence-corrected chi connectivity index (χ2v) is 17.1. The Morgan fingerprint density at radius 2 is 1.19 bits per heavy atom. The first-order valence-electron chi connectivity index (χ1n) is 8.13. The van der Waals surface area contributed by atoms with Crippen molar-refractivity contribution in [2.75, 3.05) is 28.2 Å². The van der Waals surface area contributed by atoms with Crippen LogP contribution in [0, 0.1) is 0 Å². The van der Waals surface area contributed by atoms with Gasteiger partial charge in [-0.15, -0.1) is 0 Å². The van der Waals surface area contributed by atoms with Crippen molar-refractivity contribution in [3.8, 4) is 0 Å². The van der Waals surface area contributed by atoms with Gasteiger partial charge in [0.1, 0.15) is 0 Å². The summed E-state index contributed by atoms with van der Waals surface area (Å²) < 4.78 is 8.77. The summed E-state index contributed by atoms with van der Waals surface area (Å²) in [5, 5.41) is 0. The molecule has 0 N–H and O–H groups in total. The Labute approximate surface area is 136 Å². The van der Waals surface area contributed by atoms with Crippen LogP contribution in [-0.2, 0) is 20.8 Å². The van der Waals surface area contributed by atoms with Gasteiger partial charge in [0.2, 0.25) is 0 Å². The fraction of sp³-hybridized carbons (Fsp3) is 0.556. The Balaban J connectivity index is 2.67. The van der Waals surface area contributed by atoms with Gasteiger partial charge in [0.15, 0.2) is 0 Å². The van der Waals surface area contributed by atoms with E-state index in [4.69, 9.17) is 0 Å². The topological polar surface area (TPSA) is 6.48 Å². The molecular weight excluding hydrogens is 335 g/mol. The fourth-order valence-electron chi connectivity index (χ4n) is 4.16. The van der Waals surface area contributed by atoms with Crippen molar-refractivity contribution >= 4 is 0 Å². The van der Waals surface area contributed by atoms with Crippen LogP contribution in [0.15, 0.2) is 42.0 Å². The van der Waals surface area contributed by atoms with E-state index in [9.17, 15) is 0 Å². The SMILES string of the molecule is CCC1=[C]([Zr]([C]2=C(CC)C=CC2)([N](C)C)[N](C)C)CC=C1. The molecule has 0 aromatic heterocycles. The normalized spacial score (nSPS) is 19.0. The minimum atomic E-state index is -2.90. The minimum absolute atomic E-state index is 1.16. The predicted octanol–water partition coefficient (Wildman–Crippen LogP) is 4.34. The molecule has 2 nitrogen and oxygen atoms in total. The van der Waals surface area contributed by atoms with E-state index in [1.807, 2.05) is 0 Å². The van der Waals surface area contributed by atoms with E-state index in [-0.39, 0.29) is 0 Å². The average molecular weight is 366 g/mol. The van der Waals surface area contributed by atoms with E-state index in [0.717, 1.165) is 25.7 Å². The van der Waals surface area contributed by atoms with Crippen LogP contribution in [0.1, 0.15) is 39.5 Å². The van der Waals surface area contributed by atoms with Crippen LogP contribution in [0.5, 0.6) is 0 Å². The van der Waals surface area contributed by atoms with E-state index in [1.165, 1.54) is 0 Å². The molecule has 0 unspecified atom stereocenters. The van der Waals surface area contributed by atoms with E-state index in [1.54, 1.807) is 17.7 Å². The third kappa shape index (κ3) is 2.73. The molecule has 21 heavy (non-hydrogen) atoms. The molecule has 0 atom stereocenters. The monoisotopic (exact) mass is 364 g/mol. The van der Waals surface area contributed by atoms with Gasteiger partial charge in [0, 0.05) is 0 Å². The predicted molar refractivity (Wildman–Crippen MR) is 89.5 cm³/mol. The summed E-state index contributed by atoms with van der Waals surface area (Å²) in [5.74, 6) is 0. The van der Waals surface area contributed by atoms with Crippen LogP contribution in [0.4, 0.5) is 0 Å². The summed E-state index contributed by atoms with van der Waals surface area (Å²) in [6.45, 7) is 4.60. The molecule has 0 aromatic rings. The fourth-order valence-corrected chi connectivity index (χ4v) is 17.8. The molecule has 0 fully saturated rings. The Morgan fingerprint density at radius 3 is 1.48 bits per heavy atom. The Kier molecular flexibility index (Phi) is 5.62. The molecule has 2 aliphatic carbocycles. The van der Waals surface area contributed by atoms with Gasteiger partial charge in [0.25, 0.3) is 0 Å². The van der Waals surface area contributed by atoms with Gasteiger partial charge < -0.3 is 0 Å². The molecule has 0 bridgehead atoms. The third-order valence-electron chi connectivity index (χ3n) is 4.96. The molecule has 116 valence electrons. The van der Waals surface area contributed by atoms with Gasteiger partial charge in [0.05, 0.1) is 0 Å². The van der Waals surface area contributed by atoms with Crippen LogP contribution >= 0.6 is 0 Å².